The van der Waals surface area contributed by atoms with E-state index in [1.165, 1.54) is 18.5 Å². The second-order valence-electron chi connectivity index (χ2n) is 8.48. The van der Waals surface area contributed by atoms with Crippen molar-refractivity contribution < 1.29 is 17.6 Å². The highest BCUT2D eigenvalue weighted by Gasteiger charge is 2.34. The largest absolute Gasteiger partial charge is 0.387 e. The molecule has 4 rings (SSSR count). The Morgan fingerprint density at radius 2 is 1.91 bits per heavy atom. The Hall–Kier alpha value is -2.83. The van der Waals surface area contributed by atoms with E-state index in [0.29, 0.717) is 5.82 Å². The van der Waals surface area contributed by atoms with Crippen LogP contribution in [0.2, 0.25) is 0 Å². The summed E-state index contributed by atoms with van der Waals surface area (Å²) in [5.74, 6) is 1.51. The van der Waals surface area contributed by atoms with E-state index in [9.17, 15) is 12.8 Å². The topological polar surface area (TPSA) is 103 Å². The van der Waals surface area contributed by atoms with Gasteiger partial charge in [-0.2, -0.15) is 0 Å². The molecule has 0 spiro atoms. The summed E-state index contributed by atoms with van der Waals surface area (Å²) in [6, 6.07) is 5.50. The number of benzene rings is 1. The van der Waals surface area contributed by atoms with Crippen LogP contribution >= 0.6 is 0 Å². The summed E-state index contributed by atoms with van der Waals surface area (Å²) in [5.41, 5.74) is 0.140. The minimum Gasteiger partial charge on any atom is -0.387 e. The minimum atomic E-state index is -3.48. The van der Waals surface area contributed by atoms with Crippen LogP contribution in [0.3, 0.4) is 0 Å². The van der Waals surface area contributed by atoms with E-state index >= 15 is 0 Å². The van der Waals surface area contributed by atoms with Crippen molar-refractivity contribution in [3.05, 3.63) is 36.4 Å². The third kappa shape index (κ3) is 5.23. The summed E-state index contributed by atoms with van der Waals surface area (Å²) >= 11 is 0. The Balaban J connectivity index is 1.41. The number of anilines is 3. The highest BCUT2D eigenvalue weighted by atomic mass is 32.2. The second kappa shape index (κ2) is 9.20. The first-order chi connectivity index (χ1) is 15.6. The van der Waals surface area contributed by atoms with E-state index in [0.717, 1.165) is 50.0 Å². The normalized spacial score (nSPS) is 20.1. The van der Waals surface area contributed by atoms with Crippen molar-refractivity contribution in [2.45, 2.75) is 24.0 Å². The lowest BCUT2D eigenvalue weighted by atomic mass is 9.96. The molecule has 0 radical (unpaired) electrons. The van der Waals surface area contributed by atoms with Crippen LogP contribution in [0, 0.1) is 11.7 Å². The van der Waals surface area contributed by atoms with E-state index in [4.69, 9.17) is 9.83 Å². The van der Waals surface area contributed by atoms with Gasteiger partial charge in [-0.05, 0) is 45.1 Å². The average Bonchev–Trinajstić information content (AvgIpc) is 3.17. The van der Waals surface area contributed by atoms with E-state index in [-0.39, 0.29) is 22.8 Å². The Morgan fingerprint density at radius 3 is 2.52 bits per heavy atom. The van der Waals surface area contributed by atoms with Gasteiger partial charge in [-0.3, -0.25) is 4.90 Å². The molecule has 1 unspecified atom stereocenters. The number of hydrogen-bond acceptors (Lipinski definition) is 10. The molecule has 0 aliphatic carbocycles. The third-order valence-corrected chi connectivity index (χ3v) is 6.83. The highest BCUT2D eigenvalue weighted by molar-refractivity contribution is 7.90. The molecule has 1 saturated heterocycles. The summed E-state index contributed by atoms with van der Waals surface area (Å²) in [7, 11) is 2.33. The number of piperidine rings is 1. The monoisotopic (exact) mass is 477 g/mol. The van der Waals surface area contributed by atoms with Gasteiger partial charge in [0.2, 0.25) is 5.90 Å². The molecule has 0 bridgehead atoms. The quantitative estimate of drug-likeness (QED) is 0.670. The number of hydrogen-bond donors (Lipinski definition) is 1. The van der Waals surface area contributed by atoms with Crippen LogP contribution in [0.1, 0.15) is 12.8 Å². The maximum atomic E-state index is 14.4. The number of aliphatic imine (C=N–C) groups is 1. The SMILES string of the molecule is CN(C)C1N=C(C2CCN(c3cc(Nc4ccc(S(C)(=O)=O)cc4F)ncn3)CC2)ON1C. The van der Waals surface area contributed by atoms with E-state index < -0.39 is 15.7 Å². The van der Waals surface area contributed by atoms with Gasteiger partial charge in [0.25, 0.3) is 0 Å². The van der Waals surface area contributed by atoms with Gasteiger partial charge < -0.3 is 15.1 Å². The van der Waals surface area contributed by atoms with E-state index in [1.54, 1.807) is 11.1 Å². The molecule has 33 heavy (non-hydrogen) atoms. The van der Waals surface area contributed by atoms with Crippen LogP contribution in [0.5, 0.6) is 0 Å². The fourth-order valence-corrected chi connectivity index (χ4v) is 4.58. The summed E-state index contributed by atoms with van der Waals surface area (Å²) in [5, 5.41) is 4.66. The van der Waals surface area contributed by atoms with Crippen molar-refractivity contribution in [3.8, 4) is 0 Å². The van der Waals surface area contributed by atoms with Gasteiger partial charge in [0.15, 0.2) is 16.1 Å². The highest BCUT2D eigenvalue weighted by Crippen LogP contribution is 2.28. The van der Waals surface area contributed by atoms with Crippen molar-refractivity contribution in [3.63, 3.8) is 0 Å². The van der Waals surface area contributed by atoms with E-state index in [2.05, 4.69) is 20.2 Å². The zero-order chi connectivity index (χ0) is 23.8. The van der Waals surface area contributed by atoms with Crippen LogP contribution < -0.4 is 10.2 Å². The molecule has 0 saturated carbocycles. The van der Waals surface area contributed by atoms with Gasteiger partial charge in [0.1, 0.15) is 23.8 Å². The van der Waals surface area contributed by atoms with Crippen molar-refractivity contribution in [2.24, 2.45) is 10.9 Å². The van der Waals surface area contributed by atoms with Crippen molar-refractivity contribution in [2.75, 3.05) is 50.7 Å². The Bertz CT molecular complexity index is 1150. The standard InChI is InChI=1S/C21H28FN7O3S/c1-27(2)21-26-20(32-28(21)3)14-7-9-29(10-8-14)19-12-18(23-13-24-19)25-17-6-5-15(11-16(17)22)33(4,30)31/h5-6,11-14,21H,7-10H2,1-4H3,(H,23,24,25). The van der Waals surface area contributed by atoms with Crippen LogP contribution in [-0.2, 0) is 14.7 Å². The molecule has 3 heterocycles. The Labute approximate surface area is 193 Å². The molecule has 178 valence electrons. The summed E-state index contributed by atoms with van der Waals surface area (Å²) in [6.45, 7) is 1.55. The first-order valence-electron chi connectivity index (χ1n) is 10.6. The summed E-state index contributed by atoms with van der Waals surface area (Å²) in [6.07, 6.45) is 4.11. The van der Waals surface area contributed by atoms with Gasteiger partial charge in [0.05, 0.1) is 10.6 Å². The number of halogens is 1. The molecular weight excluding hydrogens is 449 g/mol. The molecule has 10 nitrogen and oxygen atoms in total. The molecule has 12 heteroatoms. The Morgan fingerprint density at radius 1 is 1.18 bits per heavy atom. The Kier molecular flexibility index (Phi) is 6.50. The number of sulfone groups is 1. The zero-order valence-electron chi connectivity index (χ0n) is 19.1. The van der Waals surface area contributed by atoms with Crippen molar-refractivity contribution in [1.82, 2.24) is 19.9 Å². The van der Waals surface area contributed by atoms with E-state index in [1.807, 2.05) is 26.0 Å². The van der Waals surface area contributed by atoms with Gasteiger partial charge in [-0.25, -0.2) is 27.8 Å². The first-order valence-corrected chi connectivity index (χ1v) is 12.5. The molecule has 1 atom stereocenters. The number of nitrogens with zero attached hydrogens (tertiary/aromatic N) is 6. The number of rotatable bonds is 6. The molecule has 2 aromatic rings. The molecular formula is C21H28FN7O3S. The summed E-state index contributed by atoms with van der Waals surface area (Å²) in [4.78, 5) is 23.2. The molecule has 2 aliphatic rings. The second-order valence-corrected chi connectivity index (χ2v) is 10.5. The van der Waals surface area contributed by atoms with Gasteiger partial charge >= 0.3 is 0 Å². The predicted molar refractivity (Wildman–Crippen MR) is 124 cm³/mol. The maximum Gasteiger partial charge on any atom is 0.215 e. The third-order valence-electron chi connectivity index (χ3n) is 5.72. The average molecular weight is 478 g/mol. The van der Waals surface area contributed by atoms with Gasteiger partial charge in [0, 0.05) is 38.4 Å². The fraction of sp³-hybridized carbons (Fsp3) is 0.476. The van der Waals surface area contributed by atoms with Crippen LogP contribution in [0.4, 0.5) is 21.7 Å². The van der Waals surface area contributed by atoms with Gasteiger partial charge in [-0.15, -0.1) is 5.06 Å². The van der Waals surface area contributed by atoms with Crippen LogP contribution in [-0.4, -0.2) is 81.0 Å². The lowest BCUT2D eigenvalue weighted by Gasteiger charge is -2.32. The number of hydroxylamine groups is 2. The number of nitrogens with one attached hydrogen (secondary N) is 1. The van der Waals surface area contributed by atoms with Crippen molar-refractivity contribution >= 4 is 33.1 Å². The molecule has 1 fully saturated rings. The number of aromatic nitrogens is 2. The fourth-order valence-electron chi connectivity index (χ4n) is 3.94. The minimum absolute atomic E-state index is 0.0734. The molecule has 2 aliphatic heterocycles. The molecule has 1 aromatic carbocycles. The predicted octanol–water partition coefficient (Wildman–Crippen LogP) is 2.10. The van der Waals surface area contributed by atoms with Crippen LogP contribution in [0.25, 0.3) is 0 Å². The molecule has 1 N–H and O–H groups in total. The van der Waals surface area contributed by atoms with Gasteiger partial charge in [-0.1, -0.05) is 0 Å². The smallest absolute Gasteiger partial charge is 0.215 e. The summed E-state index contributed by atoms with van der Waals surface area (Å²) < 4.78 is 37.6. The zero-order valence-corrected chi connectivity index (χ0v) is 19.9. The first kappa shape index (κ1) is 23.3. The van der Waals surface area contributed by atoms with Crippen LogP contribution in [0.15, 0.2) is 40.5 Å². The lowest BCUT2D eigenvalue weighted by molar-refractivity contribution is -0.100. The molecule has 1 aromatic heterocycles. The van der Waals surface area contributed by atoms with Crippen molar-refractivity contribution in [1.29, 1.82) is 0 Å². The lowest BCUT2D eigenvalue weighted by Crippen LogP contribution is -2.38. The molecule has 0 amide bonds. The maximum absolute atomic E-state index is 14.4.